The van der Waals surface area contributed by atoms with E-state index in [1.807, 2.05) is 12.1 Å². The molecule has 0 aliphatic heterocycles. The predicted octanol–water partition coefficient (Wildman–Crippen LogP) is 3.77. The molecule has 0 bridgehead atoms. The van der Waals surface area contributed by atoms with Gasteiger partial charge in [0.15, 0.2) is 0 Å². The maximum absolute atomic E-state index is 11.2. The number of carbonyl (C=O) groups is 1. The number of amides is 1. The first kappa shape index (κ1) is 14.0. The third-order valence-electron chi connectivity index (χ3n) is 3.86. The number of benzene rings is 1. The largest absolute Gasteiger partial charge is 0.464 e. The van der Waals surface area contributed by atoms with E-state index in [-0.39, 0.29) is 0 Å². The van der Waals surface area contributed by atoms with Crippen LogP contribution < -0.4 is 11.1 Å². The van der Waals surface area contributed by atoms with Crippen molar-refractivity contribution in [3.63, 3.8) is 0 Å². The van der Waals surface area contributed by atoms with Crippen molar-refractivity contribution in [2.75, 3.05) is 5.32 Å². The number of rotatable bonds is 5. The van der Waals surface area contributed by atoms with E-state index >= 15 is 0 Å². The van der Waals surface area contributed by atoms with E-state index in [1.165, 1.54) is 6.42 Å². The fourth-order valence-electron chi connectivity index (χ4n) is 2.40. The summed E-state index contributed by atoms with van der Waals surface area (Å²) in [6.07, 6.45) is 1.20. The van der Waals surface area contributed by atoms with Gasteiger partial charge in [0.05, 0.1) is 17.3 Å². The van der Waals surface area contributed by atoms with Crippen LogP contribution in [0.2, 0.25) is 5.02 Å². The van der Waals surface area contributed by atoms with Crippen LogP contribution >= 0.6 is 11.6 Å². The van der Waals surface area contributed by atoms with E-state index in [2.05, 4.69) is 12.2 Å². The Morgan fingerprint density at radius 3 is 2.86 bits per heavy atom. The van der Waals surface area contributed by atoms with Crippen molar-refractivity contribution in [2.24, 2.45) is 11.7 Å². The van der Waals surface area contributed by atoms with Gasteiger partial charge in [-0.3, -0.25) is 4.79 Å². The highest BCUT2D eigenvalue weighted by molar-refractivity contribution is 6.33. The van der Waals surface area contributed by atoms with Gasteiger partial charge >= 0.3 is 0 Å². The predicted molar refractivity (Wildman–Crippen MR) is 82.5 cm³/mol. The number of primary amides is 1. The molecule has 1 fully saturated rings. The molecule has 1 heterocycles. The molecule has 0 saturated heterocycles. The molecule has 0 radical (unpaired) electrons. The van der Waals surface area contributed by atoms with Crippen molar-refractivity contribution in [3.8, 4) is 0 Å². The van der Waals surface area contributed by atoms with Crippen molar-refractivity contribution in [1.82, 2.24) is 0 Å². The van der Waals surface area contributed by atoms with Gasteiger partial charge in [-0.15, -0.1) is 0 Å². The summed E-state index contributed by atoms with van der Waals surface area (Å²) >= 11 is 6.11. The van der Waals surface area contributed by atoms with E-state index in [0.29, 0.717) is 28.7 Å². The smallest absolute Gasteiger partial charge is 0.248 e. The lowest BCUT2D eigenvalue weighted by molar-refractivity contribution is 0.100. The van der Waals surface area contributed by atoms with Crippen LogP contribution in [-0.2, 0) is 6.54 Å². The van der Waals surface area contributed by atoms with Gasteiger partial charge in [0.25, 0.3) is 0 Å². The van der Waals surface area contributed by atoms with Crippen LogP contribution in [0.4, 0.5) is 5.69 Å². The van der Waals surface area contributed by atoms with E-state index in [1.54, 1.807) is 18.2 Å². The minimum Gasteiger partial charge on any atom is -0.464 e. The number of carbonyl (C=O) groups excluding carboxylic acids is 1. The molecule has 21 heavy (non-hydrogen) atoms. The molecule has 1 saturated carbocycles. The number of furan rings is 1. The summed E-state index contributed by atoms with van der Waals surface area (Å²) in [7, 11) is 0. The normalized spacial score (nSPS) is 20.3. The van der Waals surface area contributed by atoms with Gasteiger partial charge in [0.1, 0.15) is 11.5 Å². The molecule has 1 aromatic carbocycles. The molecule has 4 nitrogen and oxygen atoms in total. The van der Waals surface area contributed by atoms with Gasteiger partial charge in [-0.05, 0) is 42.7 Å². The first-order chi connectivity index (χ1) is 10.0. The van der Waals surface area contributed by atoms with Crippen LogP contribution in [0.5, 0.6) is 0 Å². The SMILES string of the molecule is CC1CC1c1ccc(CNc2cc(C(N)=O)ccc2Cl)o1. The number of anilines is 1. The van der Waals surface area contributed by atoms with E-state index in [0.717, 1.165) is 17.4 Å². The highest BCUT2D eigenvalue weighted by atomic mass is 35.5. The summed E-state index contributed by atoms with van der Waals surface area (Å²) in [6.45, 7) is 2.74. The first-order valence-electron chi connectivity index (χ1n) is 6.96. The minimum absolute atomic E-state index is 0.425. The number of hydrogen-bond donors (Lipinski definition) is 2. The topological polar surface area (TPSA) is 68.3 Å². The Balaban J connectivity index is 1.68. The zero-order valence-corrected chi connectivity index (χ0v) is 12.5. The van der Waals surface area contributed by atoms with Crippen LogP contribution in [0.1, 0.15) is 41.1 Å². The molecule has 1 aliphatic rings. The fraction of sp³-hybridized carbons (Fsp3) is 0.312. The molecule has 110 valence electrons. The summed E-state index contributed by atoms with van der Waals surface area (Å²) in [5.74, 6) is 2.72. The molecule has 1 amide bonds. The zero-order chi connectivity index (χ0) is 15.0. The van der Waals surface area contributed by atoms with Crippen molar-refractivity contribution < 1.29 is 9.21 Å². The Hall–Kier alpha value is -1.94. The molecule has 2 unspecified atom stereocenters. The Morgan fingerprint density at radius 1 is 1.43 bits per heavy atom. The summed E-state index contributed by atoms with van der Waals surface area (Å²) in [5, 5.41) is 3.72. The van der Waals surface area contributed by atoms with E-state index in [4.69, 9.17) is 21.8 Å². The molecule has 1 aliphatic carbocycles. The quantitative estimate of drug-likeness (QED) is 0.883. The highest BCUT2D eigenvalue weighted by Crippen LogP contribution is 2.47. The second kappa shape index (κ2) is 5.45. The molecule has 1 aromatic heterocycles. The fourth-order valence-corrected chi connectivity index (χ4v) is 2.59. The van der Waals surface area contributed by atoms with Gasteiger partial charge in [0, 0.05) is 11.5 Å². The molecule has 3 N–H and O–H groups in total. The highest BCUT2D eigenvalue weighted by Gasteiger charge is 2.36. The summed E-state index contributed by atoms with van der Waals surface area (Å²) in [6, 6.07) is 8.92. The standard InChI is InChI=1S/C16H17ClN2O2/c1-9-6-12(9)15-5-3-11(21-15)8-19-14-7-10(16(18)20)2-4-13(14)17/h2-5,7,9,12,19H,6,8H2,1H3,(H2,18,20). The third-order valence-corrected chi connectivity index (χ3v) is 4.19. The zero-order valence-electron chi connectivity index (χ0n) is 11.7. The molecular formula is C16H17ClN2O2. The van der Waals surface area contributed by atoms with Gasteiger partial charge in [-0.1, -0.05) is 18.5 Å². The average molecular weight is 305 g/mol. The molecular weight excluding hydrogens is 288 g/mol. The van der Waals surface area contributed by atoms with Gasteiger partial charge in [0.2, 0.25) is 5.91 Å². The Labute approximate surface area is 128 Å². The Morgan fingerprint density at radius 2 is 2.19 bits per heavy atom. The summed E-state index contributed by atoms with van der Waals surface area (Å²) in [4.78, 5) is 11.2. The van der Waals surface area contributed by atoms with Crippen LogP contribution in [-0.4, -0.2) is 5.91 Å². The molecule has 2 aromatic rings. The second-order valence-electron chi connectivity index (χ2n) is 5.54. The van der Waals surface area contributed by atoms with Crippen molar-refractivity contribution >= 4 is 23.2 Å². The van der Waals surface area contributed by atoms with Gasteiger partial charge in [-0.25, -0.2) is 0 Å². The third kappa shape index (κ3) is 3.05. The molecule has 0 spiro atoms. The van der Waals surface area contributed by atoms with Crippen LogP contribution in [0.25, 0.3) is 0 Å². The van der Waals surface area contributed by atoms with Gasteiger partial charge < -0.3 is 15.5 Å². The number of nitrogens with one attached hydrogen (secondary N) is 1. The lowest BCUT2D eigenvalue weighted by Gasteiger charge is -2.08. The molecule has 2 atom stereocenters. The van der Waals surface area contributed by atoms with Crippen LogP contribution in [0.15, 0.2) is 34.7 Å². The average Bonchev–Trinajstić information content (AvgIpc) is 3.00. The van der Waals surface area contributed by atoms with Gasteiger partial charge in [-0.2, -0.15) is 0 Å². The second-order valence-corrected chi connectivity index (χ2v) is 5.94. The molecule has 5 heteroatoms. The summed E-state index contributed by atoms with van der Waals surface area (Å²) < 4.78 is 5.82. The number of halogens is 1. The lowest BCUT2D eigenvalue weighted by atomic mass is 10.2. The Kier molecular flexibility index (Phi) is 3.64. The van der Waals surface area contributed by atoms with Crippen molar-refractivity contribution in [2.45, 2.75) is 25.8 Å². The van der Waals surface area contributed by atoms with Crippen LogP contribution in [0, 0.1) is 5.92 Å². The number of nitrogens with two attached hydrogens (primary N) is 1. The first-order valence-corrected chi connectivity index (χ1v) is 7.34. The van der Waals surface area contributed by atoms with E-state index < -0.39 is 5.91 Å². The molecule has 3 rings (SSSR count). The van der Waals surface area contributed by atoms with E-state index in [9.17, 15) is 4.79 Å². The maximum atomic E-state index is 11.2. The minimum atomic E-state index is -0.474. The van der Waals surface area contributed by atoms with Crippen LogP contribution in [0.3, 0.4) is 0 Å². The number of hydrogen-bond acceptors (Lipinski definition) is 3. The lowest BCUT2D eigenvalue weighted by Crippen LogP contribution is -2.11. The summed E-state index contributed by atoms with van der Waals surface area (Å²) in [5.41, 5.74) is 6.37. The monoisotopic (exact) mass is 304 g/mol. The van der Waals surface area contributed by atoms with Crippen molar-refractivity contribution in [3.05, 3.63) is 52.4 Å². The van der Waals surface area contributed by atoms with Crippen molar-refractivity contribution in [1.29, 1.82) is 0 Å². The Bertz CT molecular complexity index is 681. The maximum Gasteiger partial charge on any atom is 0.248 e.